The molecule has 0 aliphatic rings. The molecule has 0 aliphatic heterocycles. The summed E-state index contributed by atoms with van der Waals surface area (Å²) < 4.78 is 0. The molecule has 0 amide bonds. The van der Waals surface area contributed by atoms with Crippen molar-refractivity contribution in [2.75, 3.05) is 6.16 Å². The van der Waals surface area contributed by atoms with E-state index in [2.05, 4.69) is 34.6 Å². The van der Waals surface area contributed by atoms with Crippen LogP contribution < -0.4 is 0 Å². The van der Waals surface area contributed by atoms with E-state index in [0.29, 0.717) is 5.16 Å². The molecule has 0 radical (unpaired) electrons. The van der Waals surface area contributed by atoms with Crippen molar-refractivity contribution in [1.29, 1.82) is 0 Å². The lowest BCUT2D eigenvalue weighted by molar-refractivity contribution is 0.627. The van der Waals surface area contributed by atoms with Gasteiger partial charge in [0.05, 0.1) is 0 Å². The Morgan fingerprint density at radius 2 is 1.70 bits per heavy atom. The monoisotopic (exact) mass is 160 g/mol. The van der Waals surface area contributed by atoms with Crippen molar-refractivity contribution >= 4 is 8.58 Å². The van der Waals surface area contributed by atoms with Crippen molar-refractivity contribution in [3.8, 4) is 0 Å². The Morgan fingerprint density at radius 1 is 1.20 bits per heavy atom. The minimum atomic E-state index is 0.564. The Balaban J connectivity index is 3.21. The molecular weight excluding hydrogens is 139 g/mol. The van der Waals surface area contributed by atoms with Gasteiger partial charge in [0.2, 0.25) is 0 Å². The van der Waals surface area contributed by atoms with Crippen molar-refractivity contribution < 1.29 is 0 Å². The van der Waals surface area contributed by atoms with Gasteiger partial charge < -0.3 is 0 Å². The van der Waals surface area contributed by atoms with Crippen LogP contribution in [-0.4, -0.2) is 11.3 Å². The summed E-state index contributed by atoms with van der Waals surface area (Å²) in [6, 6.07) is 0. The van der Waals surface area contributed by atoms with E-state index in [1.54, 1.807) is 0 Å². The van der Waals surface area contributed by atoms with Crippen molar-refractivity contribution in [3.63, 3.8) is 0 Å². The lowest BCUT2D eigenvalue weighted by Gasteiger charge is -2.18. The summed E-state index contributed by atoms with van der Waals surface area (Å²) in [6.45, 7) is 11.6. The third kappa shape index (κ3) is 8.43. The Kier molecular flexibility index (Phi) is 4.52. The molecule has 1 atom stereocenters. The predicted molar refractivity (Wildman–Crippen MR) is 52.4 cm³/mol. The van der Waals surface area contributed by atoms with Crippen LogP contribution in [0.5, 0.6) is 0 Å². The fourth-order valence-corrected chi connectivity index (χ4v) is 2.21. The van der Waals surface area contributed by atoms with Gasteiger partial charge in [-0.25, -0.2) is 0 Å². The molecule has 62 valence electrons. The predicted octanol–water partition coefficient (Wildman–Crippen LogP) is 3.51. The molecule has 0 rings (SSSR count). The molecule has 0 aromatic carbocycles. The highest BCUT2D eigenvalue weighted by molar-refractivity contribution is 7.39. The van der Waals surface area contributed by atoms with Crippen LogP contribution in [0, 0.1) is 5.92 Å². The molecule has 0 aromatic heterocycles. The van der Waals surface area contributed by atoms with Gasteiger partial charge in [0, 0.05) is 0 Å². The van der Waals surface area contributed by atoms with Gasteiger partial charge in [-0.3, -0.25) is 0 Å². The standard InChI is InChI=1S/C9H21P/c1-8(2)6-7-10-9(3,4)5/h8,10H,6-7H2,1-5H3. The molecule has 0 bridgehead atoms. The summed E-state index contributed by atoms with van der Waals surface area (Å²) >= 11 is 0. The summed E-state index contributed by atoms with van der Waals surface area (Å²) in [5, 5.41) is 0.564. The molecule has 0 spiro atoms. The van der Waals surface area contributed by atoms with Gasteiger partial charge in [-0.15, -0.1) is 8.58 Å². The zero-order valence-corrected chi connectivity index (χ0v) is 8.99. The number of hydrogen-bond acceptors (Lipinski definition) is 0. The Morgan fingerprint density at radius 3 is 2.00 bits per heavy atom. The Labute approximate surface area is 67.6 Å². The van der Waals surface area contributed by atoms with Crippen LogP contribution in [0.25, 0.3) is 0 Å². The van der Waals surface area contributed by atoms with E-state index >= 15 is 0 Å². The summed E-state index contributed by atoms with van der Waals surface area (Å²) in [7, 11) is 1.13. The fourth-order valence-electron chi connectivity index (χ4n) is 0.736. The number of rotatable bonds is 3. The average molecular weight is 160 g/mol. The van der Waals surface area contributed by atoms with E-state index in [9.17, 15) is 0 Å². The van der Waals surface area contributed by atoms with E-state index in [-0.39, 0.29) is 0 Å². The van der Waals surface area contributed by atoms with Crippen molar-refractivity contribution in [1.82, 2.24) is 0 Å². The maximum absolute atomic E-state index is 2.33. The molecule has 0 nitrogen and oxygen atoms in total. The largest absolute Gasteiger partial charge is 0.116 e. The first-order valence-corrected chi connectivity index (χ1v) is 5.37. The maximum Gasteiger partial charge on any atom is -0.0207 e. The molecule has 0 fully saturated rings. The lowest BCUT2D eigenvalue weighted by atomic mass is 10.2. The van der Waals surface area contributed by atoms with E-state index in [4.69, 9.17) is 0 Å². The zero-order valence-electron chi connectivity index (χ0n) is 7.99. The van der Waals surface area contributed by atoms with E-state index < -0.39 is 0 Å². The maximum atomic E-state index is 2.33. The van der Waals surface area contributed by atoms with E-state index in [1.165, 1.54) is 12.6 Å². The minimum Gasteiger partial charge on any atom is -0.116 e. The molecule has 0 heterocycles. The third-order valence-electron chi connectivity index (χ3n) is 1.38. The fraction of sp³-hybridized carbons (Fsp3) is 1.00. The van der Waals surface area contributed by atoms with Crippen LogP contribution in [-0.2, 0) is 0 Å². The molecule has 10 heavy (non-hydrogen) atoms. The first-order chi connectivity index (χ1) is 4.42. The average Bonchev–Trinajstić information content (AvgIpc) is 1.59. The molecule has 0 aromatic rings. The smallest absolute Gasteiger partial charge is 0.0207 e. The number of hydrogen-bond donors (Lipinski definition) is 0. The summed E-state index contributed by atoms with van der Waals surface area (Å²) in [5.74, 6) is 0.884. The molecule has 1 heteroatoms. The topological polar surface area (TPSA) is 0 Å². The zero-order chi connectivity index (χ0) is 8.20. The van der Waals surface area contributed by atoms with Gasteiger partial charge in [-0.1, -0.05) is 34.6 Å². The molecule has 0 saturated carbocycles. The first-order valence-electron chi connectivity index (χ1n) is 4.17. The van der Waals surface area contributed by atoms with Crippen LogP contribution >= 0.6 is 8.58 Å². The second kappa shape index (κ2) is 4.34. The molecule has 1 unspecified atom stereocenters. The van der Waals surface area contributed by atoms with Crippen LogP contribution in [0.1, 0.15) is 41.0 Å². The highest BCUT2D eigenvalue weighted by Crippen LogP contribution is 2.31. The minimum absolute atomic E-state index is 0.564. The summed E-state index contributed by atoms with van der Waals surface area (Å²) in [5.41, 5.74) is 0. The van der Waals surface area contributed by atoms with Crippen LogP contribution in [0.4, 0.5) is 0 Å². The van der Waals surface area contributed by atoms with Crippen molar-refractivity contribution in [3.05, 3.63) is 0 Å². The van der Waals surface area contributed by atoms with Gasteiger partial charge in [0.15, 0.2) is 0 Å². The molecular formula is C9H21P. The highest BCUT2D eigenvalue weighted by Gasteiger charge is 2.08. The van der Waals surface area contributed by atoms with Crippen molar-refractivity contribution in [2.45, 2.75) is 46.2 Å². The van der Waals surface area contributed by atoms with Crippen LogP contribution in [0.2, 0.25) is 0 Å². The van der Waals surface area contributed by atoms with Gasteiger partial charge >= 0.3 is 0 Å². The summed E-state index contributed by atoms with van der Waals surface area (Å²) in [4.78, 5) is 0. The SMILES string of the molecule is CC(C)CCPC(C)(C)C. The summed E-state index contributed by atoms with van der Waals surface area (Å²) in [6.07, 6.45) is 2.82. The highest BCUT2D eigenvalue weighted by atomic mass is 31.1. The van der Waals surface area contributed by atoms with Crippen LogP contribution in [0.3, 0.4) is 0 Å². The van der Waals surface area contributed by atoms with Crippen molar-refractivity contribution in [2.24, 2.45) is 5.92 Å². The quantitative estimate of drug-likeness (QED) is 0.554. The Bertz CT molecular complexity index is 79.2. The lowest BCUT2D eigenvalue weighted by Crippen LogP contribution is -2.06. The van der Waals surface area contributed by atoms with Gasteiger partial charge in [-0.2, -0.15) is 0 Å². The normalized spacial score (nSPS) is 13.8. The second-order valence-corrected chi connectivity index (χ2v) is 6.71. The molecule has 0 aliphatic carbocycles. The molecule has 0 saturated heterocycles. The molecule has 0 N–H and O–H groups in total. The van der Waals surface area contributed by atoms with Crippen LogP contribution in [0.15, 0.2) is 0 Å². The first kappa shape index (κ1) is 10.4. The van der Waals surface area contributed by atoms with Gasteiger partial charge in [0.1, 0.15) is 0 Å². The third-order valence-corrected chi connectivity index (χ3v) is 2.98. The second-order valence-electron chi connectivity index (χ2n) is 4.36. The van der Waals surface area contributed by atoms with E-state index in [0.717, 1.165) is 14.5 Å². The van der Waals surface area contributed by atoms with E-state index in [1.807, 2.05) is 0 Å². The van der Waals surface area contributed by atoms with Gasteiger partial charge in [-0.05, 0) is 23.7 Å². The Hall–Kier alpha value is 0.430. The van der Waals surface area contributed by atoms with Gasteiger partial charge in [0.25, 0.3) is 0 Å².